The molecule has 0 spiro atoms. The molecule has 0 aliphatic carbocycles. The number of halogens is 4. The summed E-state index contributed by atoms with van der Waals surface area (Å²) >= 11 is 3.82. The first-order valence-electron chi connectivity index (χ1n) is 5.71. The molecule has 0 bridgehead atoms. The molecule has 2 rings (SSSR count). The van der Waals surface area contributed by atoms with E-state index in [1.165, 1.54) is 12.1 Å². The van der Waals surface area contributed by atoms with Gasteiger partial charge in [0.15, 0.2) is 0 Å². The van der Waals surface area contributed by atoms with Crippen molar-refractivity contribution in [3.8, 4) is 0 Å². The van der Waals surface area contributed by atoms with E-state index in [1.54, 1.807) is 18.2 Å². The average Bonchev–Trinajstić information content (AvgIpc) is 2.85. The lowest BCUT2D eigenvalue weighted by Crippen LogP contribution is -1.99. The first-order valence-corrected chi connectivity index (χ1v) is 7.55. The lowest BCUT2D eigenvalue weighted by Gasteiger charge is -2.07. The molecule has 0 atom stereocenters. The fraction of sp³-hybridized carbons (Fsp3) is 0.231. The maximum atomic E-state index is 13.1. The third-order valence-electron chi connectivity index (χ3n) is 2.45. The van der Waals surface area contributed by atoms with E-state index in [0.717, 1.165) is 4.47 Å². The van der Waals surface area contributed by atoms with Gasteiger partial charge in [-0.2, -0.15) is 8.78 Å². The zero-order chi connectivity index (χ0) is 14.5. The Morgan fingerprint density at radius 1 is 1.20 bits per heavy atom. The summed E-state index contributed by atoms with van der Waals surface area (Å²) in [5.74, 6) is -1.54. The summed E-state index contributed by atoms with van der Waals surface area (Å²) in [6.45, 7) is 0.349. The third-order valence-corrected chi connectivity index (χ3v) is 3.85. The van der Waals surface area contributed by atoms with Crippen LogP contribution in [0.1, 0.15) is 11.5 Å². The molecule has 7 heteroatoms. The Morgan fingerprint density at radius 3 is 2.70 bits per heavy atom. The van der Waals surface area contributed by atoms with Gasteiger partial charge < -0.3 is 9.73 Å². The second kappa shape index (κ2) is 7.08. The molecule has 0 amide bonds. The van der Waals surface area contributed by atoms with Gasteiger partial charge in [0.05, 0.1) is 18.0 Å². The summed E-state index contributed by atoms with van der Waals surface area (Å²) in [7, 11) is 0. The Bertz CT molecular complexity index is 576. The van der Waals surface area contributed by atoms with E-state index in [1.807, 2.05) is 0 Å². The predicted molar refractivity (Wildman–Crippen MR) is 77.4 cm³/mol. The van der Waals surface area contributed by atoms with Crippen LogP contribution in [-0.2, 0) is 12.3 Å². The normalized spacial score (nSPS) is 11.1. The highest BCUT2D eigenvalue weighted by atomic mass is 79.9. The molecule has 0 aliphatic rings. The summed E-state index contributed by atoms with van der Waals surface area (Å²) in [4.78, 5) is 0. The first kappa shape index (κ1) is 15.3. The van der Waals surface area contributed by atoms with Gasteiger partial charge in [0, 0.05) is 4.47 Å². The quantitative estimate of drug-likeness (QED) is 0.756. The molecule has 0 unspecified atom stereocenters. The maximum absolute atomic E-state index is 13.1. The molecule has 1 N–H and O–H groups in total. The molecule has 0 saturated carbocycles. The van der Waals surface area contributed by atoms with Crippen LogP contribution < -0.4 is 5.32 Å². The summed E-state index contributed by atoms with van der Waals surface area (Å²) in [6.07, 6.45) is 0. The van der Waals surface area contributed by atoms with Crippen molar-refractivity contribution >= 4 is 33.4 Å². The van der Waals surface area contributed by atoms with E-state index in [4.69, 9.17) is 4.42 Å². The second-order valence-electron chi connectivity index (χ2n) is 3.92. The summed E-state index contributed by atoms with van der Waals surface area (Å²) in [6, 6.07) is 7.68. The lowest BCUT2D eigenvalue weighted by atomic mass is 10.3. The van der Waals surface area contributed by atoms with Crippen molar-refractivity contribution in [2.45, 2.75) is 18.1 Å². The van der Waals surface area contributed by atoms with Crippen molar-refractivity contribution in [3.05, 3.63) is 52.1 Å². The number of alkyl halides is 2. The van der Waals surface area contributed by atoms with Gasteiger partial charge in [0.25, 0.3) is 5.76 Å². The molecular formula is C13H11BrF3NOS. The van der Waals surface area contributed by atoms with E-state index in [9.17, 15) is 13.2 Å². The van der Waals surface area contributed by atoms with E-state index < -0.39 is 5.76 Å². The van der Waals surface area contributed by atoms with Crippen LogP contribution in [0.2, 0.25) is 0 Å². The van der Waals surface area contributed by atoms with Gasteiger partial charge in [0.2, 0.25) is 0 Å². The van der Waals surface area contributed by atoms with Crippen LogP contribution in [0.4, 0.5) is 18.9 Å². The maximum Gasteiger partial charge on any atom is 0.284 e. The number of furan rings is 1. The Hall–Kier alpha value is -1.08. The first-order chi connectivity index (χ1) is 9.54. The van der Waals surface area contributed by atoms with Crippen molar-refractivity contribution in [3.63, 3.8) is 0 Å². The summed E-state index contributed by atoms with van der Waals surface area (Å²) in [5.41, 5.74) is 0.602. The van der Waals surface area contributed by atoms with Crippen molar-refractivity contribution in [1.82, 2.24) is 0 Å². The second-order valence-corrected chi connectivity index (χ2v) is 5.75. The average molecular weight is 366 g/mol. The van der Waals surface area contributed by atoms with Crippen LogP contribution in [0.15, 0.2) is 39.2 Å². The summed E-state index contributed by atoms with van der Waals surface area (Å²) < 4.78 is 43.3. The van der Waals surface area contributed by atoms with Crippen LogP contribution in [0.25, 0.3) is 0 Å². The third kappa shape index (κ3) is 4.49. The highest BCUT2D eigenvalue weighted by Crippen LogP contribution is 2.25. The molecule has 0 saturated heterocycles. The van der Waals surface area contributed by atoms with Crippen LogP contribution >= 0.6 is 27.7 Å². The predicted octanol–water partition coefficient (Wildman–Crippen LogP) is 5.25. The molecule has 0 radical (unpaired) electrons. The van der Waals surface area contributed by atoms with E-state index in [2.05, 4.69) is 21.2 Å². The highest BCUT2D eigenvalue weighted by Gasteiger charge is 2.08. The highest BCUT2D eigenvalue weighted by molar-refractivity contribution is 9.10. The molecule has 1 aromatic carbocycles. The topological polar surface area (TPSA) is 25.2 Å². The zero-order valence-electron chi connectivity index (χ0n) is 10.2. The van der Waals surface area contributed by atoms with Crippen molar-refractivity contribution in [2.24, 2.45) is 0 Å². The number of anilines is 1. The van der Waals surface area contributed by atoms with Crippen molar-refractivity contribution < 1.29 is 17.6 Å². The monoisotopic (exact) mass is 365 g/mol. The molecule has 1 heterocycles. The smallest absolute Gasteiger partial charge is 0.284 e. The van der Waals surface area contributed by atoms with Crippen LogP contribution in [-0.4, -0.2) is 5.76 Å². The fourth-order valence-electron chi connectivity index (χ4n) is 1.56. The van der Waals surface area contributed by atoms with E-state index >= 15 is 0 Å². The van der Waals surface area contributed by atoms with Crippen LogP contribution in [0.3, 0.4) is 0 Å². The molecule has 108 valence electrons. The Labute approximate surface area is 126 Å². The van der Waals surface area contributed by atoms with Gasteiger partial charge in [-0.3, -0.25) is 0 Å². The molecule has 0 aliphatic heterocycles. The molecule has 2 nitrogen and oxygen atoms in total. The number of hydrogen-bond donors (Lipinski definition) is 1. The van der Waals surface area contributed by atoms with Gasteiger partial charge in [-0.1, -0.05) is 11.8 Å². The van der Waals surface area contributed by atoms with Gasteiger partial charge in [-0.05, 0) is 46.3 Å². The minimum Gasteiger partial charge on any atom is -0.463 e. The van der Waals surface area contributed by atoms with Crippen molar-refractivity contribution in [1.29, 1.82) is 0 Å². The fourth-order valence-corrected chi connectivity index (χ4v) is 2.39. The van der Waals surface area contributed by atoms with E-state index in [0.29, 0.717) is 35.5 Å². The number of nitrogens with one attached hydrogen (secondary N) is 1. The van der Waals surface area contributed by atoms with E-state index in [-0.39, 0.29) is 11.6 Å². The largest absolute Gasteiger partial charge is 0.463 e. The Balaban J connectivity index is 1.92. The van der Waals surface area contributed by atoms with Crippen LogP contribution in [0.5, 0.6) is 0 Å². The van der Waals surface area contributed by atoms with Gasteiger partial charge >= 0.3 is 0 Å². The number of hydrogen-bond acceptors (Lipinski definition) is 3. The molecule has 2 aromatic rings. The zero-order valence-corrected chi connectivity index (χ0v) is 12.6. The van der Waals surface area contributed by atoms with Gasteiger partial charge in [-0.15, -0.1) is 0 Å². The minimum absolute atomic E-state index is 0.126. The molecule has 0 fully saturated rings. The summed E-state index contributed by atoms with van der Waals surface area (Å²) in [5, 5.41) is 3.01. The molecule has 20 heavy (non-hydrogen) atoms. The van der Waals surface area contributed by atoms with Crippen molar-refractivity contribution in [2.75, 3.05) is 5.32 Å². The minimum atomic E-state index is -2.41. The number of thioether (sulfide) groups is 1. The SMILES string of the molecule is Fc1ccc(Br)c(NCc2ccc(CSC(F)F)o2)c1. The van der Waals surface area contributed by atoms with Gasteiger partial charge in [-0.25, -0.2) is 4.39 Å². The van der Waals surface area contributed by atoms with Gasteiger partial charge in [0.1, 0.15) is 17.3 Å². The molecule has 1 aromatic heterocycles. The Morgan fingerprint density at radius 2 is 1.95 bits per heavy atom. The number of benzene rings is 1. The Kier molecular flexibility index (Phi) is 5.42. The standard InChI is InChI=1S/C13H11BrF3NOS/c14-11-4-1-8(15)5-12(11)18-6-9-2-3-10(19-9)7-20-13(16)17/h1-5,13,18H,6-7H2. The van der Waals surface area contributed by atoms with Crippen LogP contribution in [0, 0.1) is 5.82 Å². The number of rotatable bonds is 6. The molecular weight excluding hydrogens is 355 g/mol. The lowest BCUT2D eigenvalue weighted by molar-refractivity contribution is 0.251.